The molecule has 0 saturated heterocycles. The molecule has 1 saturated carbocycles. The Kier molecular flexibility index (Phi) is 3.87. The summed E-state index contributed by atoms with van der Waals surface area (Å²) < 4.78 is 0. The SMILES string of the molecule is CN1CCN(CC2CCCC(C)(C)C2O)c2ccccc21. The van der Waals surface area contributed by atoms with E-state index in [0.29, 0.717) is 5.92 Å². The van der Waals surface area contributed by atoms with Crippen molar-refractivity contribution in [2.75, 3.05) is 36.5 Å². The van der Waals surface area contributed by atoms with E-state index >= 15 is 0 Å². The number of rotatable bonds is 2. The normalized spacial score (nSPS) is 28.4. The maximum Gasteiger partial charge on any atom is 0.0636 e. The Hall–Kier alpha value is -1.22. The summed E-state index contributed by atoms with van der Waals surface area (Å²) in [6, 6.07) is 8.64. The molecule has 2 unspecified atom stereocenters. The van der Waals surface area contributed by atoms with E-state index < -0.39 is 0 Å². The summed E-state index contributed by atoms with van der Waals surface area (Å²) in [4.78, 5) is 4.80. The van der Waals surface area contributed by atoms with Crippen molar-refractivity contribution in [1.82, 2.24) is 0 Å². The van der Waals surface area contributed by atoms with E-state index in [1.165, 1.54) is 17.8 Å². The summed E-state index contributed by atoms with van der Waals surface area (Å²) in [7, 11) is 2.16. The summed E-state index contributed by atoms with van der Waals surface area (Å²) in [5.74, 6) is 0.394. The summed E-state index contributed by atoms with van der Waals surface area (Å²) in [5.41, 5.74) is 2.70. The molecule has 1 fully saturated rings. The molecular formula is C18H28N2O. The fourth-order valence-electron chi connectivity index (χ4n) is 3.99. The van der Waals surface area contributed by atoms with Crippen LogP contribution in [0, 0.1) is 11.3 Å². The molecule has 0 aromatic heterocycles. The van der Waals surface area contributed by atoms with E-state index in [1.807, 2.05) is 0 Å². The third kappa shape index (κ3) is 2.76. The summed E-state index contributed by atoms with van der Waals surface area (Å²) in [5, 5.41) is 10.7. The van der Waals surface area contributed by atoms with Gasteiger partial charge in [0.05, 0.1) is 17.5 Å². The van der Waals surface area contributed by atoms with Gasteiger partial charge in [0.2, 0.25) is 0 Å². The van der Waals surface area contributed by atoms with Crippen molar-refractivity contribution < 1.29 is 5.11 Å². The monoisotopic (exact) mass is 288 g/mol. The Morgan fingerprint density at radius 3 is 2.67 bits per heavy atom. The molecule has 1 N–H and O–H groups in total. The number of likely N-dealkylation sites (N-methyl/N-ethyl adjacent to an activating group) is 1. The van der Waals surface area contributed by atoms with E-state index in [1.54, 1.807) is 0 Å². The molecule has 0 bridgehead atoms. The molecule has 3 heteroatoms. The quantitative estimate of drug-likeness (QED) is 0.905. The fourth-order valence-corrected chi connectivity index (χ4v) is 3.99. The van der Waals surface area contributed by atoms with Crippen molar-refractivity contribution in [3.63, 3.8) is 0 Å². The van der Waals surface area contributed by atoms with Crippen LogP contribution in [0.3, 0.4) is 0 Å². The molecule has 1 aliphatic heterocycles. The second-order valence-corrected chi connectivity index (χ2v) is 7.44. The van der Waals surface area contributed by atoms with Crippen LogP contribution in [0.25, 0.3) is 0 Å². The van der Waals surface area contributed by atoms with Crippen LogP contribution in [0.4, 0.5) is 11.4 Å². The lowest BCUT2D eigenvalue weighted by atomic mass is 9.69. The highest BCUT2D eigenvalue weighted by Gasteiger charge is 2.38. The average Bonchev–Trinajstić information content (AvgIpc) is 2.47. The van der Waals surface area contributed by atoms with Gasteiger partial charge < -0.3 is 14.9 Å². The number of anilines is 2. The minimum Gasteiger partial charge on any atom is -0.392 e. The molecule has 3 nitrogen and oxygen atoms in total. The third-order valence-electron chi connectivity index (χ3n) is 5.44. The van der Waals surface area contributed by atoms with E-state index in [9.17, 15) is 5.11 Å². The van der Waals surface area contributed by atoms with Crippen LogP contribution in [-0.4, -0.2) is 37.9 Å². The van der Waals surface area contributed by atoms with Crippen molar-refractivity contribution in [1.29, 1.82) is 0 Å². The molecule has 0 spiro atoms. The first kappa shape index (κ1) is 14.7. The molecule has 1 heterocycles. The molecule has 1 aromatic carbocycles. The predicted molar refractivity (Wildman–Crippen MR) is 89.1 cm³/mol. The van der Waals surface area contributed by atoms with E-state index in [4.69, 9.17) is 0 Å². The first-order valence-electron chi connectivity index (χ1n) is 8.22. The highest BCUT2D eigenvalue weighted by Crippen LogP contribution is 2.40. The zero-order valence-electron chi connectivity index (χ0n) is 13.5. The van der Waals surface area contributed by atoms with Crippen molar-refractivity contribution in [3.8, 4) is 0 Å². The number of benzene rings is 1. The number of hydrogen-bond acceptors (Lipinski definition) is 3. The van der Waals surface area contributed by atoms with Gasteiger partial charge in [-0.3, -0.25) is 0 Å². The Morgan fingerprint density at radius 1 is 1.19 bits per heavy atom. The smallest absolute Gasteiger partial charge is 0.0636 e. The van der Waals surface area contributed by atoms with Gasteiger partial charge >= 0.3 is 0 Å². The predicted octanol–water partition coefficient (Wildman–Crippen LogP) is 3.13. The Morgan fingerprint density at radius 2 is 1.90 bits per heavy atom. The molecule has 0 radical (unpaired) electrons. The van der Waals surface area contributed by atoms with Gasteiger partial charge in [0, 0.05) is 32.6 Å². The second kappa shape index (κ2) is 5.53. The van der Waals surface area contributed by atoms with Crippen LogP contribution >= 0.6 is 0 Å². The maximum absolute atomic E-state index is 10.7. The fraction of sp³-hybridized carbons (Fsp3) is 0.667. The minimum absolute atomic E-state index is 0.0645. The van der Waals surface area contributed by atoms with Gasteiger partial charge in [0.1, 0.15) is 0 Å². The van der Waals surface area contributed by atoms with Gasteiger partial charge in [-0.2, -0.15) is 0 Å². The number of para-hydroxylation sites is 2. The molecule has 1 aromatic rings. The van der Waals surface area contributed by atoms with Gasteiger partial charge in [0.25, 0.3) is 0 Å². The molecule has 2 atom stereocenters. The molecular weight excluding hydrogens is 260 g/mol. The Labute approximate surface area is 128 Å². The number of fused-ring (bicyclic) bond motifs is 1. The molecule has 21 heavy (non-hydrogen) atoms. The summed E-state index contributed by atoms with van der Waals surface area (Å²) in [6.07, 6.45) is 3.35. The minimum atomic E-state index is -0.182. The standard InChI is InChI=1S/C18H28N2O/c1-18(2)10-6-7-14(17(18)21)13-20-12-11-19(3)15-8-4-5-9-16(15)20/h4-5,8-9,14,17,21H,6-7,10-13H2,1-3H3. The van der Waals surface area contributed by atoms with Crippen LogP contribution in [0.1, 0.15) is 33.1 Å². The maximum atomic E-state index is 10.7. The van der Waals surface area contributed by atoms with Gasteiger partial charge in [-0.25, -0.2) is 0 Å². The summed E-state index contributed by atoms with van der Waals surface area (Å²) in [6.45, 7) is 7.51. The van der Waals surface area contributed by atoms with E-state index in [2.05, 4.69) is 55.0 Å². The zero-order chi connectivity index (χ0) is 15.0. The number of aliphatic hydroxyl groups is 1. The van der Waals surface area contributed by atoms with Crippen LogP contribution in [-0.2, 0) is 0 Å². The lowest BCUT2D eigenvalue weighted by Crippen LogP contribution is -2.48. The van der Waals surface area contributed by atoms with Gasteiger partial charge in [-0.1, -0.05) is 32.4 Å². The van der Waals surface area contributed by atoms with Crippen molar-refractivity contribution in [2.24, 2.45) is 11.3 Å². The second-order valence-electron chi connectivity index (χ2n) is 7.44. The van der Waals surface area contributed by atoms with Crippen molar-refractivity contribution in [2.45, 2.75) is 39.2 Å². The third-order valence-corrected chi connectivity index (χ3v) is 5.44. The zero-order valence-corrected chi connectivity index (χ0v) is 13.5. The molecule has 3 rings (SSSR count). The highest BCUT2D eigenvalue weighted by molar-refractivity contribution is 5.73. The number of hydrogen-bond donors (Lipinski definition) is 1. The molecule has 1 aliphatic carbocycles. The summed E-state index contributed by atoms with van der Waals surface area (Å²) >= 11 is 0. The van der Waals surface area contributed by atoms with E-state index in [0.717, 1.165) is 32.5 Å². The Bertz CT molecular complexity index is 500. The highest BCUT2D eigenvalue weighted by atomic mass is 16.3. The first-order chi connectivity index (χ1) is 9.99. The van der Waals surface area contributed by atoms with Crippen LogP contribution in [0.5, 0.6) is 0 Å². The van der Waals surface area contributed by atoms with Crippen molar-refractivity contribution in [3.05, 3.63) is 24.3 Å². The van der Waals surface area contributed by atoms with Gasteiger partial charge in [0.15, 0.2) is 0 Å². The molecule has 0 amide bonds. The lowest BCUT2D eigenvalue weighted by molar-refractivity contribution is -0.0293. The van der Waals surface area contributed by atoms with Crippen LogP contribution < -0.4 is 9.80 Å². The van der Waals surface area contributed by atoms with E-state index in [-0.39, 0.29) is 11.5 Å². The average molecular weight is 288 g/mol. The topological polar surface area (TPSA) is 26.7 Å². The van der Waals surface area contributed by atoms with Crippen LogP contribution in [0.15, 0.2) is 24.3 Å². The van der Waals surface area contributed by atoms with Crippen LogP contribution in [0.2, 0.25) is 0 Å². The van der Waals surface area contributed by atoms with Crippen molar-refractivity contribution >= 4 is 11.4 Å². The number of aliphatic hydroxyl groups excluding tert-OH is 1. The molecule has 116 valence electrons. The van der Waals surface area contributed by atoms with Gasteiger partial charge in [-0.05, 0) is 30.4 Å². The first-order valence-corrected chi connectivity index (χ1v) is 8.22. The lowest BCUT2D eigenvalue weighted by Gasteiger charge is -2.45. The number of nitrogens with zero attached hydrogens (tertiary/aromatic N) is 2. The Balaban J connectivity index is 1.78. The van der Waals surface area contributed by atoms with Gasteiger partial charge in [-0.15, -0.1) is 0 Å². The largest absolute Gasteiger partial charge is 0.392 e. The molecule has 2 aliphatic rings.